The Labute approximate surface area is 112 Å². The highest BCUT2D eigenvalue weighted by Crippen LogP contribution is 2.37. The Balaban J connectivity index is 2.38. The third-order valence-corrected chi connectivity index (χ3v) is 3.66. The fourth-order valence-corrected chi connectivity index (χ4v) is 2.80. The third-order valence-electron chi connectivity index (χ3n) is 3.66. The summed E-state index contributed by atoms with van der Waals surface area (Å²) in [6.45, 7) is 2.70. The van der Waals surface area contributed by atoms with Crippen LogP contribution in [0.3, 0.4) is 0 Å². The third kappa shape index (κ3) is 2.34. The molecule has 0 radical (unpaired) electrons. The standard InChI is InChI=1S/C13H19N3O3/c1-3-5-13(12(17)18)6-4-7-16(13)10-8-11(19-2)15-9-14-10/h8-9H,3-7H2,1-2H3,(H,17,18). The zero-order valence-corrected chi connectivity index (χ0v) is 11.3. The monoisotopic (exact) mass is 265 g/mol. The van der Waals surface area contributed by atoms with Gasteiger partial charge in [0.05, 0.1) is 7.11 Å². The molecule has 0 saturated carbocycles. The number of hydrogen-bond acceptors (Lipinski definition) is 5. The molecule has 6 nitrogen and oxygen atoms in total. The summed E-state index contributed by atoms with van der Waals surface area (Å²) < 4.78 is 5.08. The fraction of sp³-hybridized carbons (Fsp3) is 0.615. The molecular weight excluding hydrogens is 246 g/mol. The lowest BCUT2D eigenvalue weighted by Crippen LogP contribution is -2.51. The summed E-state index contributed by atoms with van der Waals surface area (Å²) >= 11 is 0. The van der Waals surface area contributed by atoms with Crippen LogP contribution in [0.1, 0.15) is 32.6 Å². The first-order valence-corrected chi connectivity index (χ1v) is 6.51. The van der Waals surface area contributed by atoms with Gasteiger partial charge in [0.2, 0.25) is 5.88 Å². The quantitative estimate of drug-likeness (QED) is 0.873. The number of anilines is 1. The van der Waals surface area contributed by atoms with Gasteiger partial charge in [0.1, 0.15) is 17.7 Å². The largest absolute Gasteiger partial charge is 0.481 e. The summed E-state index contributed by atoms with van der Waals surface area (Å²) in [4.78, 5) is 21.8. The van der Waals surface area contributed by atoms with Crippen molar-refractivity contribution in [3.63, 3.8) is 0 Å². The van der Waals surface area contributed by atoms with E-state index in [2.05, 4.69) is 9.97 Å². The number of methoxy groups -OCH3 is 1. The second-order valence-corrected chi connectivity index (χ2v) is 4.76. The lowest BCUT2D eigenvalue weighted by molar-refractivity contribution is -0.143. The van der Waals surface area contributed by atoms with Gasteiger partial charge in [-0.3, -0.25) is 0 Å². The van der Waals surface area contributed by atoms with Crippen molar-refractivity contribution in [3.8, 4) is 5.88 Å². The van der Waals surface area contributed by atoms with Gasteiger partial charge in [-0.25, -0.2) is 14.8 Å². The summed E-state index contributed by atoms with van der Waals surface area (Å²) in [5.41, 5.74) is -0.839. The van der Waals surface area contributed by atoms with E-state index in [1.807, 2.05) is 11.8 Å². The summed E-state index contributed by atoms with van der Waals surface area (Å²) in [5.74, 6) is 0.303. The number of carboxylic acid groups (broad SMARTS) is 1. The van der Waals surface area contributed by atoms with E-state index in [0.717, 1.165) is 12.8 Å². The van der Waals surface area contributed by atoms with Gasteiger partial charge in [0, 0.05) is 12.6 Å². The van der Waals surface area contributed by atoms with E-state index >= 15 is 0 Å². The number of rotatable bonds is 5. The Kier molecular flexibility index (Phi) is 3.87. The molecule has 1 aliphatic rings. The lowest BCUT2D eigenvalue weighted by Gasteiger charge is -2.35. The van der Waals surface area contributed by atoms with Crippen LogP contribution in [0.5, 0.6) is 5.88 Å². The van der Waals surface area contributed by atoms with Crippen LogP contribution in [0.25, 0.3) is 0 Å². The first-order valence-electron chi connectivity index (χ1n) is 6.51. The molecule has 0 bridgehead atoms. The van der Waals surface area contributed by atoms with Crippen LogP contribution >= 0.6 is 0 Å². The lowest BCUT2D eigenvalue weighted by atomic mass is 9.90. The molecule has 1 unspecified atom stereocenters. The van der Waals surface area contributed by atoms with Gasteiger partial charge in [-0.1, -0.05) is 13.3 Å². The van der Waals surface area contributed by atoms with E-state index in [-0.39, 0.29) is 0 Å². The molecule has 19 heavy (non-hydrogen) atoms. The number of aromatic nitrogens is 2. The number of carbonyl (C=O) groups is 1. The summed E-state index contributed by atoms with van der Waals surface area (Å²) in [7, 11) is 1.53. The zero-order chi connectivity index (χ0) is 13.9. The Morgan fingerprint density at radius 3 is 3.00 bits per heavy atom. The molecule has 1 saturated heterocycles. The number of aliphatic carboxylic acids is 1. The minimum absolute atomic E-state index is 0.452. The maximum atomic E-state index is 11.7. The molecule has 0 aliphatic carbocycles. The maximum Gasteiger partial charge on any atom is 0.329 e. The van der Waals surface area contributed by atoms with Gasteiger partial charge in [-0.15, -0.1) is 0 Å². The van der Waals surface area contributed by atoms with Gasteiger partial charge in [-0.2, -0.15) is 0 Å². The van der Waals surface area contributed by atoms with Gasteiger partial charge >= 0.3 is 5.97 Å². The molecule has 1 aromatic heterocycles. The molecule has 2 rings (SSSR count). The van der Waals surface area contributed by atoms with E-state index in [1.165, 1.54) is 13.4 Å². The highest BCUT2D eigenvalue weighted by atomic mass is 16.5. The molecule has 1 aromatic rings. The van der Waals surface area contributed by atoms with Crippen molar-refractivity contribution in [1.82, 2.24) is 9.97 Å². The van der Waals surface area contributed by atoms with Crippen LogP contribution in [-0.4, -0.2) is 40.2 Å². The Morgan fingerprint density at radius 2 is 2.37 bits per heavy atom. The van der Waals surface area contributed by atoms with E-state index < -0.39 is 11.5 Å². The molecule has 6 heteroatoms. The van der Waals surface area contributed by atoms with Gasteiger partial charge < -0.3 is 14.7 Å². The van der Waals surface area contributed by atoms with Crippen LogP contribution in [0.4, 0.5) is 5.82 Å². The average molecular weight is 265 g/mol. The highest BCUT2D eigenvalue weighted by Gasteiger charge is 2.47. The van der Waals surface area contributed by atoms with E-state index in [4.69, 9.17) is 4.74 Å². The topological polar surface area (TPSA) is 75.5 Å². The van der Waals surface area contributed by atoms with Crippen molar-refractivity contribution >= 4 is 11.8 Å². The molecule has 2 heterocycles. The molecule has 0 aromatic carbocycles. The predicted molar refractivity (Wildman–Crippen MR) is 70.4 cm³/mol. The summed E-state index contributed by atoms with van der Waals surface area (Å²) in [6, 6.07) is 1.69. The smallest absolute Gasteiger partial charge is 0.329 e. The number of hydrogen-bond donors (Lipinski definition) is 1. The molecule has 1 aliphatic heterocycles. The van der Waals surface area contributed by atoms with Crippen molar-refractivity contribution in [1.29, 1.82) is 0 Å². The summed E-state index contributed by atoms with van der Waals surface area (Å²) in [5, 5.41) is 9.64. The second-order valence-electron chi connectivity index (χ2n) is 4.76. The van der Waals surface area contributed by atoms with Crippen molar-refractivity contribution in [2.45, 2.75) is 38.1 Å². The van der Waals surface area contributed by atoms with Crippen molar-refractivity contribution in [2.75, 3.05) is 18.6 Å². The normalized spacial score (nSPS) is 22.5. The minimum atomic E-state index is -0.839. The van der Waals surface area contributed by atoms with E-state index in [9.17, 15) is 9.90 Å². The van der Waals surface area contributed by atoms with Crippen LogP contribution in [0, 0.1) is 0 Å². The maximum absolute atomic E-state index is 11.7. The second kappa shape index (κ2) is 5.42. The molecule has 1 N–H and O–H groups in total. The average Bonchev–Trinajstić information content (AvgIpc) is 2.84. The van der Waals surface area contributed by atoms with Crippen LogP contribution in [0.15, 0.2) is 12.4 Å². The predicted octanol–water partition coefficient (Wildman–Crippen LogP) is 1.71. The van der Waals surface area contributed by atoms with Gasteiger partial charge in [-0.05, 0) is 19.3 Å². The molecule has 104 valence electrons. The van der Waals surface area contributed by atoms with E-state index in [0.29, 0.717) is 31.1 Å². The van der Waals surface area contributed by atoms with E-state index in [1.54, 1.807) is 6.07 Å². The van der Waals surface area contributed by atoms with Crippen molar-refractivity contribution in [2.24, 2.45) is 0 Å². The zero-order valence-electron chi connectivity index (χ0n) is 11.3. The molecule has 0 spiro atoms. The van der Waals surface area contributed by atoms with Crippen LogP contribution in [-0.2, 0) is 4.79 Å². The Bertz CT molecular complexity index is 466. The Hall–Kier alpha value is -1.85. The summed E-state index contributed by atoms with van der Waals surface area (Å²) in [6.07, 6.45) is 4.37. The Morgan fingerprint density at radius 1 is 1.58 bits per heavy atom. The highest BCUT2D eigenvalue weighted by molar-refractivity contribution is 5.84. The first-order chi connectivity index (χ1) is 9.14. The van der Waals surface area contributed by atoms with Crippen LogP contribution < -0.4 is 9.64 Å². The number of carboxylic acids is 1. The SMILES string of the molecule is CCCC1(C(=O)O)CCCN1c1cc(OC)ncn1. The molecule has 1 fully saturated rings. The minimum Gasteiger partial charge on any atom is -0.481 e. The molecule has 0 amide bonds. The first kappa shape index (κ1) is 13.6. The molecular formula is C13H19N3O3. The fourth-order valence-electron chi connectivity index (χ4n) is 2.80. The van der Waals surface area contributed by atoms with Crippen LogP contribution in [0.2, 0.25) is 0 Å². The van der Waals surface area contributed by atoms with Gasteiger partial charge in [0.25, 0.3) is 0 Å². The van der Waals surface area contributed by atoms with Crippen molar-refractivity contribution < 1.29 is 14.6 Å². The molecule has 1 atom stereocenters. The van der Waals surface area contributed by atoms with Crippen molar-refractivity contribution in [3.05, 3.63) is 12.4 Å². The number of ether oxygens (including phenoxy) is 1. The number of nitrogens with zero attached hydrogens (tertiary/aromatic N) is 3. The van der Waals surface area contributed by atoms with Gasteiger partial charge in [0.15, 0.2) is 0 Å².